The molecule has 1 aromatic carbocycles. The Morgan fingerprint density at radius 1 is 1.00 bits per heavy atom. The van der Waals surface area contributed by atoms with Gasteiger partial charge in [0.2, 0.25) is 5.91 Å². The Balaban J connectivity index is 1.38. The quantitative estimate of drug-likeness (QED) is 0.646. The maximum absolute atomic E-state index is 12.7. The summed E-state index contributed by atoms with van der Waals surface area (Å²) in [7, 11) is 1.64. The van der Waals surface area contributed by atoms with Crippen molar-refractivity contribution in [1.82, 2.24) is 24.6 Å². The number of rotatable bonds is 5. The van der Waals surface area contributed by atoms with Crippen LogP contribution in [0, 0.1) is 13.8 Å². The third-order valence-corrected chi connectivity index (χ3v) is 5.34. The summed E-state index contributed by atoms with van der Waals surface area (Å²) in [6, 6.07) is 11.6. The van der Waals surface area contributed by atoms with Crippen LogP contribution in [0.5, 0.6) is 5.75 Å². The highest BCUT2D eigenvalue weighted by molar-refractivity contribution is 5.79. The number of ether oxygens (including phenoxy) is 1. The lowest BCUT2D eigenvalue weighted by atomic mass is 10.1. The molecule has 2 aromatic heterocycles. The highest BCUT2D eigenvalue weighted by Crippen LogP contribution is 2.18. The number of hydrogen-bond donors (Lipinski definition) is 0. The molecule has 0 saturated carbocycles. The molecule has 0 atom stereocenters. The molecular weight excluding hydrogens is 380 g/mol. The molecule has 0 unspecified atom stereocenters. The Bertz CT molecular complexity index is 1020. The summed E-state index contributed by atoms with van der Waals surface area (Å²) >= 11 is 0. The van der Waals surface area contributed by atoms with Gasteiger partial charge in [-0.1, -0.05) is 12.1 Å². The van der Waals surface area contributed by atoms with E-state index in [0.717, 1.165) is 47.4 Å². The molecule has 0 spiro atoms. The van der Waals surface area contributed by atoms with Crippen molar-refractivity contribution in [1.29, 1.82) is 0 Å². The predicted molar refractivity (Wildman–Crippen MR) is 114 cm³/mol. The van der Waals surface area contributed by atoms with E-state index in [-0.39, 0.29) is 5.91 Å². The van der Waals surface area contributed by atoms with Crippen LogP contribution in [0.3, 0.4) is 0 Å². The molecule has 1 saturated heterocycles. The Morgan fingerprint density at radius 3 is 2.33 bits per heavy atom. The van der Waals surface area contributed by atoms with Gasteiger partial charge in [0.15, 0.2) is 5.82 Å². The normalized spacial score (nSPS) is 14.1. The second-order valence-electron chi connectivity index (χ2n) is 7.47. The average molecular weight is 406 g/mol. The van der Waals surface area contributed by atoms with Crippen LogP contribution in [-0.2, 0) is 11.2 Å². The zero-order valence-corrected chi connectivity index (χ0v) is 17.6. The van der Waals surface area contributed by atoms with Crippen LogP contribution in [0.4, 0.5) is 5.82 Å². The highest BCUT2D eigenvalue weighted by Gasteiger charge is 2.22. The van der Waals surface area contributed by atoms with Gasteiger partial charge in [-0.05, 0) is 37.6 Å². The third-order valence-electron chi connectivity index (χ3n) is 5.34. The first kappa shape index (κ1) is 19.9. The molecule has 3 heterocycles. The number of benzene rings is 1. The van der Waals surface area contributed by atoms with Gasteiger partial charge in [0.05, 0.1) is 19.2 Å². The second-order valence-corrected chi connectivity index (χ2v) is 7.47. The minimum absolute atomic E-state index is 0.144. The summed E-state index contributed by atoms with van der Waals surface area (Å²) < 4.78 is 7.00. The summed E-state index contributed by atoms with van der Waals surface area (Å²) in [5, 5.41) is 4.50. The van der Waals surface area contributed by atoms with Crippen molar-refractivity contribution < 1.29 is 9.53 Å². The number of hydrogen-bond acceptors (Lipinski definition) is 6. The van der Waals surface area contributed by atoms with Crippen LogP contribution in [0.15, 0.2) is 42.7 Å². The molecule has 8 heteroatoms. The van der Waals surface area contributed by atoms with Crippen LogP contribution in [-0.4, -0.2) is 63.8 Å². The van der Waals surface area contributed by atoms with Gasteiger partial charge in [0.1, 0.15) is 17.9 Å². The first-order chi connectivity index (χ1) is 14.5. The smallest absolute Gasteiger partial charge is 0.227 e. The van der Waals surface area contributed by atoms with E-state index in [9.17, 15) is 4.79 Å². The number of nitrogens with zero attached hydrogens (tertiary/aromatic N) is 6. The Hall–Kier alpha value is -3.42. The fourth-order valence-electron chi connectivity index (χ4n) is 3.70. The lowest BCUT2D eigenvalue weighted by molar-refractivity contribution is -0.130. The van der Waals surface area contributed by atoms with Gasteiger partial charge in [-0.2, -0.15) is 5.10 Å². The zero-order valence-electron chi connectivity index (χ0n) is 17.6. The van der Waals surface area contributed by atoms with Gasteiger partial charge in [-0.25, -0.2) is 14.6 Å². The van der Waals surface area contributed by atoms with E-state index in [1.807, 2.05) is 59.8 Å². The average Bonchev–Trinajstić information content (AvgIpc) is 3.12. The van der Waals surface area contributed by atoms with Gasteiger partial charge in [-0.15, -0.1) is 0 Å². The van der Waals surface area contributed by atoms with E-state index < -0.39 is 0 Å². The van der Waals surface area contributed by atoms with Crippen LogP contribution < -0.4 is 9.64 Å². The van der Waals surface area contributed by atoms with Crippen LogP contribution in [0.2, 0.25) is 0 Å². The molecule has 1 aliphatic rings. The molecule has 1 fully saturated rings. The summed E-state index contributed by atoms with van der Waals surface area (Å²) in [6.07, 6.45) is 1.97. The van der Waals surface area contributed by atoms with Crippen LogP contribution in [0.1, 0.15) is 17.0 Å². The fraction of sp³-hybridized carbons (Fsp3) is 0.364. The molecule has 1 aliphatic heterocycles. The van der Waals surface area contributed by atoms with Crippen molar-refractivity contribution in [3.05, 3.63) is 59.7 Å². The topological polar surface area (TPSA) is 76.4 Å². The lowest BCUT2D eigenvalue weighted by Crippen LogP contribution is -2.49. The van der Waals surface area contributed by atoms with E-state index in [2.05, 4.69) is 20.0 Å². The van der Waals surface area contributed by atoms with Crippen LogP contribution in [0.25, 0.3) is 5.82 Å². The van der Waals surface area contributed by atoms with Crippen molar-refractivity contribution in [3.8, 4) is 11.6 Å². The van der Waals surface area contributed by atoms with Gasteiger partial charge in [-0.3, -0.25) is 4.79 Å². The van der Waals surface area contributed by atoms with E-state index in [1.165, 1.54) is 0 Å². The number of amides is 1. The third kappa shape index (κ3) is 4.27. The Morgan fingerprint density at radius 2 is 1.70 bits per heavy atom. The number of piperazine rings is 1. The summed E-state index contributed by atoms with van der Waals surface area (Å²) in [5.74, 6) is 2.55. The molecule has 156 valence electrons. The largest absolute Gasteiger partial charge is 0.497 e. The number of carbonyl (C=O) groups excluding carboxylic acids is 1. The molecular formula is C22H26N6O2. The standard InChI is InChI=1S/C22H26N6O2/c1-16-12-17(2)28(25-16)21-14-20(23-15-24-21)26-8-10-27(11-9-26)22(29)13-18-4-6-19(30-3)7-5-18/h4-7,12,14-15H,8-11,13H2,1-3H3. The first-order valence-corrected chi connectivity index (χ1v) is 10.0. The van der Waals surface area contributed by atoms with Crippen molar-refractivity contribution in [2.24, 2.45) is 0 Å². The predicted octanol–water partition coefficient (Wildman–Crippen LogP) is 2.18. The maximum Gasteiger partial charge on any atom is 0.227 e. The SMILES string of the molecule is COc1ccc(CC(=O)N2CCN(c3cc(-n4nc(C)cc4C)ncn3)CC2)cc1. The first-order valence-electron chi connectivity index (χ1n) is 10.0. The summed E-state index contributed by atoms with van der Waals surface area (Å²) in [6.45, 7) is 6.80. The number of carbonyl (C=O) groups is 1. The Kier molecular flexibility index (Phi) is 5.65. The lowest BCUT2D eigenvalue weighted by Gasteiger charge is -2.35. The molecule has 30 heavy (non-hydrogen) atoms. The molecule has 1 amide bonds. The molecule has 0 N–H and O–H groups in total. The summed E-state index contributed by atoms with van der Waals surface area (Å²) in [4.78, 5) is 25.6. The molecule has 4 rings (SSSR count). The van der Waals surface area contributed by atoms with Crippen molar-refractivity contribution >= 4 is 11.7 Å². The van der Waals surface area contributed by atoms with E-state index in [0.29, 0.717) is 19.5 Å². The van der Waals surface area contributed by atoms with E-state index in [4.69, 9.17) is 4.74 Å². The maximum atomic E-state index is 12.7. The van der Waals surface area contributed by atoms with E-state index >= 15 is 0 Å². The van der Waals surface area contributed by atoms with Crippen LogP contribution >= 0.6 is 0 Å². The van der Waals surface area contributed by atoms with Crippen molar-refractivity contribution in [2.75, 3.05) is 38.2 Å². The highest BCUT2D eigenvalue weighted by atomic mass is 16.5. The number of anilines is 1. The number of methoxy groups -OCH3 is 1. The molecule has 8 nitrogen and oxygen atoms in total. The molecule has 0 radical (unpaired) electrons. The minimum Gasteiger partial charge on any atom is -0.497 e. The molecule has 3 aromatic rings. The van der Waals surface area contributed by atoms with Crippen molar-refractivity contribution in [3.63, 3.8) is 0 Å². The summed E-state index contributed by atoms with van der Waals surface area (Å²) in [5.41, 5.74) is 2.98. The fourth-order valence-corrected chi connectivity index (χ4v) is 3.70. The zero-order chi connectivity index (χ0) is 21.1. The number of aryl methyl sites for hydroxylation is 2. The molecule has 0 aliphatic carbocycles. The van der Waals surface area contributed by atoms with Gasteiger partial charge >= 0.3 is 0 Å². The molecule has 0 bridgehead atoms. The minimum atomic E-state index is 0.144. The van der Waals surface area contributed by atoms with Crippen molar-refractivity contribution in [2.45, 2.75) is 20.3 Å². The monoisotopic (exact) mass is 406 g/mol. The number of aromatic nitrogens is 4. The van der Waals surface area contributed by atoms with Gasteiger partial charge in [0, 0.05) is 37.9 Å². The second kappa shape index (κ2) is 8.52. The van der Waals surface area contributed by atoms with Gasteiger partial charge in [0.25, 0.3) is 0 Å². The Labute approximate surface area is 176 Å². The van der Waals surface area contributed by atoms with Gasteiger partial charge < -0.3 is 14.5 Å². The van der Waals surface area contributed by atoms with E-state index in [1.54, 1.807) is 13.4 Å².